The van der Waals surface area contributed by atoms with Crippen molar-refractivity contribution in [2.75, 3.05) is 19.8 Å². The summed E-state index contributed by atoms with van der Waals surface area (Å²) in [5, 5.41) is 12.3. The number of rotatable bonds is 8. The topological polar surface area (TPSA) is 84.9 Å². The summed E-state index contributed by atoms with van der Waals surface area (Å²) in [5.41, 5.74) is 1.37. The molecule has 0 bridgehead atoms. The molecule has 1 saturated carbocycles. The van der Waals surface area contributed by atoms with E-state index < -0.39 is 11.4 Å². The quantitative estimate of drug-likeness (QED) is 0.477. The van der Waals surface area contributed by atoms with Crippen molar-refractivity contribution in [3.63, 3.8) is 0 Å². The Balaban J connectivity index is 1.48. The van der Waals surface area contributed by atoms with E-state index in [1.165, 1.54) is 38.5 Å². The van der Waals surface area contributed by atoms with Crippen molar-refractivity contribution in [3.8, 4) is 5.75 Å². The van der Waals surface area contributed by atoms with Crippen LogP contribution in [0.2, 0.25) is 0 Å². The van der Waals surface area contributed by atoms with E-state index in [9.17, 15) is 9.59 Å². The Morgan fingerprint density at radius 1 is 1.06 bits per heavy atom. The predicted molar refractivity (Wildman–Crippen MR) is 135 cm³/mol. The van der Waals surface area contributed by atoms with Crippen LogP contribution in [0, 0.1) is 5.92 Å². The molecule has 1 aliphatic carbocycles. The Morgan fingerprint density at radius 3 is 2.40 bits per heavy atom. The molecule has 1 aliphatic heterocycles. The molecule has 6 nitrogen and oxygen atoms in total. The van der Waals surface area contributed by atoms with E-state index in [2.05, 4.69) is 5.32 Å². The molecule has 1 heterocycles. The van der Waals surface area contributed by atoms with Crippen LogP contribution in [0.4, 0.5) is 0 Å². The van der Waals surface area contributed by atoms with Crippen LogP contribution in [-0.4, -0.2) is 36.8 Å². The molecule has 2 N–H and O–H groups in total. The first-order valence-corrected chi connectivity index (χ1v) is 12.9. The summed E-state index contributed by atoms with van der Waals surface area (Å²) >= 11 is 0. The van der Waals surface area contributed by atoms with Gasteiger partial charge in [0.15, 0.2) is 0 Å². The molecule has 1 atom stereocenters. The van der Waals surface area contributed by atoms with Crippen molar-refractivity contribution in [2.24, 2.45) is 5.92 Å². The van der Waals surface area contributed by atoms with Gasteiger partial charge in [-0.05, 0) is 73.9 Å². The minimum Gasteiger partial charge on any atom is -0.493 e. The highest BCUT2D eigenvalue weighted by molar-refractivity contribution is 5.89. The molecule has 2 aromatic carbocycles. The van der Waals surface area contributed by atoms with E-state index in [1.54, 1.807) is 24.3 Å². The number of ether oxygens (including phenoxy) is 2. The van der Waals surface area contributed by atoms with Crippen LogP contribution in [0.3, 0.4) is 0 Å². The molecular weight excluding hydrogens is 442 g/mol. The smallest absolute Gasteiger partial charge is 0.335 e. The molecular formula is C29H37NO5. The van der Waals surface area contributed by atoms with E-state index in [0.29, 0.717) is 32.0 Å². The lowest BCUT2D eigenvalue weighted by Crippen LogP contribution is -2.48. The Bertz CT molecular complexity index is 988. The second kappa shape index (κ2) is 11.7. The zero-order chi connectivity index (χ0) is 24.7. The number of carboxylic acids is 1. The predicted octanol–water partition coefficient (Wildman–Crippen LogP) is 5.66. The van der Waals surface area contributed by atoms with Crippen LogP contribution in [0.5, 0.6) is 5.75 Å². The number of carboxylic acid groups (broad SMARTS) is 1. The molecule has 0 aromatic heterocycles. The summed E-state index contributed by atoms with van der Waals surface area (Å²) in [6.45, 7) is 3.71. The molecule has 2 fully saturated rings. The van der Waals surface area contributed by atoms with Gasteiger partial charge in [0.05, 0.1) is 23.6 Å². The lowest BCUT2D eigenvalue weighted by atomic mass is 9.73. The van der Waals surface area contributed by atoms with Crippen molar-refractivity contribution < 1.29 is 24.2 Å². The Labute approximate surface area is 208 Å². The minimum absolute atomic E-state index is 0.0310. The first-order chi connectivity index (χ1) is 17.0. The van der Waals surface area contributed by atoms with Crippen molar-refractivity contribution >= 4 is 11.9 Å². The van der Waals surface area contributed by atoms with E-state index in [4.69, 9.17) is 14.6 Å². The van der Waals surface area contributed by atoms with Gasteiger partial charge >= 0.3 is 5.97 Å². The SMILES string of the molecule is C[C@H](NC(=O)C1(c2cccc(OCC3CCCCCC3)c2)CCOCC1)c1ccc(C(=O)O)cc1. The highest BCUT2D eigenvalue weighted by Gasteiger charge is 2.42. The van der Waals surface area contributed by atoms with Crippen LogP contribution in [0.25, 0.3) is 0 Å². The summed E-state index contributed by atoms with van der Waals surface area (Å²) in [6, 6.07) is 14.4. The molecule has 4 rings (SSSR count). The van der Waals surface area contributed by atoms with E-state index in [0.717, 1.165) is 23.5 Å². The molecule has 2 aliphatic rings. The number of hydrogen-bond acceptors (Lipinski definition) is 4. The number of carbonyl (C=O) groups excluding carboxylic acids is 1. The maximum Gasteiger partial charge on any atom is 0.335 e. The monoisotopic (exact) mass is 479 g/mol. The molecule has 35 heavy (non-hydrogen) atoms. The molecule has 0 spiro atoms. The Morgan fingerprint density at radius 2 is 1.74 bits per heavy atom. The maximum absolute atomic E-state index is 13.7. The van der Waals surface area contributed by atoms with Crippen molar-refractivity contribution in [2.45, 2.75) is 69.7 Å². The number of hydrogen-bond donors (Lipinski definition) is 2. The van der Waals surface area contributed by atoms with Gasteiger partial charge in [-0.1, -0.05) is 49.9 Å². The fraction of sp³-hybridized carbons (Fsp3) is 0.517. The zero-order valence-electron chi connectivity index (χ0n) is 20.6. The average Bonchev–Trinajstić information content (AvgIpc) is 3.17. The van der Waals surface area contributed by atoms with E-state index in [-0.39, 0.29) is 17.5 Å². The second-order valence-electron chi connectivity index (χ2n) is 10.0. The number of nitrogens with one attached hydrogen (secondary N) is 1. The van der Waals surface area contributed by atoms with Gasteiger partial charge in [-0.3, -0.25) is 4.79 Å². The molecule has 1 saturated heterocycles. The van der Waals surface area contributed by atoms with Crippen LogP contribution < -0.4 is 10.1 Å². The normalized spacial score (nSPS) is 19.3. The Hall–Kier alpha value is -2.86. The van der Waals surface area contributed by atoms with Gasteiger partial charge in [-0.25, -0.2) is 4.79 Å². The van der Waals surface area contributed by atoms with Gasteiger partial charge < -0.3 is 19.9 Å². The third kappa shape index (κ3) is 6.23. The summed E-state index contributed by atoms with van der Waals surface area (Å²) in [5.74, 6) is 0.435. The van der Waals surface area contributed by atoms with Crippen LogP contribution >= 0.6 is 0 Å². The molecule has 188 valence electrons. The van der Waals surface area contributed by atoms with Crippen LogP contribution in [-0.2, 0) is 14.9 Å². The summed E-state index contributed by atoms with van der Waals surface area (Å²) in [6.07, 6.45) is 8.90. The minimum atomic E-state index is -0.962. The highest BCUT2D eigenvalue weighted by atomic mass is 16.5. The maximum atomic E-state index is 13.7. The Kier molecular flexibility index (Phi) is 8.45. The standard InChI is InChI=1S/C29H37NO5/c1-21(23-11-13-24(14-12-23)27(31)32)30-28(33)29(15-17-34-18-16-29)25-9-6-10-26(19-25)35-20-22-7-4-2-3-5-8-22/h6,9-14,19,21-22H,2-5,7-8,15-18,20H2,1H3,(H,30,33)(H,31,32)/t21-/m0/s1. The first kappa shape index (κ1) is 25.2. The molecule has 0 radical (unpaired) electrons. The summed E-state index contributed by atoms with van der Waals surface area (Å²) < 4.78 is 11.9. The number of carbonyl (C=O) groups is 2. The fourth-order valence-corrected chi connectivity index (χ4v) is 5.33. The van der Waals surface area contributed by atoms with Crippen molar-refractivity contribution in [3.05, 3.63) is 65.2 Å². The third-order valence-electron chi connectivity index (χ3n) is 7.63. The molecule has 1 amide bonds. The van der Waals surface area contributed by atoms with Gasteiger partial charge in [-0.15, -0.1) is 0 Å². The van der Waals surface area contributed by atoms with Gasteiger partial charge in [0, 0.05) is 13.2 Å². The van der Waals surface area contributed by atoms with Crippen LogP contribution in [0.15, 0.2) is 48.5 Å². The average molecular weight is 480 g/mol. The summed E-state index contributed by atoms with van der Waals surface area (Å²) in [7, 11) is 0. The molecule has 6 heteroatoms. The van der Waals surface area contributed by atoms with Gasteiger partial charge in [0.25, 0.3) is 0 Å². The first-order valence-electron chi connectivity index (χ1n) is 12.9. The second-order valence-corrected chi connectivity index (χ2v) is 10.0. The van der Waals surface area contributed by atoms with E-state index in [1.807, 2.05) is 31.2 Å². The molecule has 2 aromatic rings. The summed E-state index contributed by atoms with van der Waals surface area (Å²) in [4.78, 5) is 24.9. The third-order valence-corrected chi connectivity index (χ3v) is 7.63. The lowest BCUT2D eigenvalue weighted by molar-refractivity contribution is -0.131. The fourth-order valence-electron chi connectivity index (χ4n) is 5.33. The van der Waals surface area contributed by atoms with Crippen LogP contribution in [0.1, 0.15) is 85.8 Å². The van der Waals surface area contributed by atoms with Crippen molar-refractivity contribution in [1.29, 1.82) is 0 Å². The largest absolute Gasteiger partial charge is 0.493 e. The van der Waals surface area contributed by atoms with Gasteiger partial charge in [0.2, 0.25) is 5.91 Å². The highest BCUT2D eigenvalue weighted by Crippen LogP contribution is 2.37. The van der Waals surface area contributed by atoms with Gasteiger partial charge in [0.1, 0.15) is 5.75 Å². The number of aromatic carboxylic acids is 1. The number of benzene rings is 2. The molecule has 0 unspecified atom stereocenters. The number of amides is 1. The lowest BCUT2D eigenvalue weighted by Gasteiger charge is -2.37. The van der Waals surface area contributed by atoms with Crippen molar-refractivity contribution in [1.82, 2.24) is 5.32 Å². The van der Waals surface area contributed by atoms with E-state index >= 15 is 0 Å². The zero-order valence-corrected chi connectivity index (χ0v) is 20.6. The van der Waals surface area contributed by atoms with Gasteiger partial charge in [-0.2, -0.15) is 0 Å².